The number of amides is 1. The number of pyridine rings is 1. The van der Waals surface area contributed by atoms with Gasteiger partial charge in [0.15, 0.2) is 0 Å². The summed E-state index contributed by atoms with van der Waals surface area (Å²) in [5.74, 6) is -1.43. The standard InChI is InChI=1S/C23H29F3N4O4/c1-14(2)12-18(30-20(23(24,25)26)16-6-9-19(34-3)29-13-16)21(31)28-11-10-27-17-7-4-15(5-8-17)22(32)33/h4-9,13-14,18,20,27,30H,10-12H2,1-3H3,(H,28,31)(H,32,33). The van der Waals surface area contributed by atoms with E-state index >= 15 is 0 Å². The monoisotopic (exact) mass is 482 g/mol. The lowest BCUT2D eigenvalue weighted by Crippen LogP contribution is -2.50. The molecule has 34 heavy (non-hydrogen) atoms. The summed E-state index contributed by atoms with van der Waals surface area (Å²) in [5, 5.41) is 17.1. The quantitative estimate of drug-likeness (QED) is 0.342. The van der Waals surface area contributed by atoms with Crippen molar-refractivity contribution < 1.29 is 32.6 Å². The number of rotatable bonds is 12. The first kappa shape index (κ1) is 26.9. The van der Waals surface area contributed by atoms with Crippen molar-refractivity contribution in [2.75, 3.05) is 25.5 Å². The third kappa shape index (κ3) is 8.22. The number of carboxylic acids is 1. The molecule has 2 aromatic rings. The maximum atomic E-state index is 13.8. The van der Waals surface area contributed by atoms with Crippen LogP contribution in [0.1, 0.15) is 42.2 Å². The predicted octanol–water partition coefficient (Wildman–Crippen LogP) is 3.62. The summed E-state index contributed by atoms with van der Waals surface area (Å²) in [4.78, 5) is 27.5. The molecule has 1 aromatic carbocycles. The van der Waals surface area contributed by atoms with Crippen LogP contribution >= 0.6 is 0 Å². The van der Waals surface area contributed by atoms with E-state index in [0.717, 1.165) is 6.20 Å². The zero-order valence-electron chi connectivity index (χ0n) is 19.1. The molecular formula is C23H29F3N4O4. The molecule has 0 spiro atoms. The second-order valence-electron chi connectivity index (χ2n) is 8.06. The summed E-state index contributed by atoms with van der Waals surface area (Å²) in [6.45, 7) is 4.11. The van der Waals surface area contributed by atoms with Gasteiger partial charge in [-0.1, -0.05) is 19.9 Å². The molecule has 2 unspecified atom stereocenters. The van der Waals surface area contributed by atoms with Crippen LogP contribution in [-0.4, -0.2) is 54.4 Å². The first-order valence-electron chi connectivity index (χ1n) is 10.7. The summed E-state index contributed by atoms with van der Waals surface area (Å²) >= 11 is 0. The minimum atomic E-state index is -4.64. The summed E-state index contributed by atoms with van der Waals surface area (Å²) in [5.41, 5.74) is 0.675. The molecule has 0 saturated heterocycles. The average Bonchev–Trinajstić information content (AvgIpc) is 2.78. The number of benzene rings is 1. The highest BCUT2D eigenvalue weighted by Gasteiger charge is 2.43. The Morgan fingerprint density at radius 3 is 2.26 bits per heavy atom. The second-order valence-corrected chi connectivity index (χ2v) is 8.06. The molecule has 0 fully saturated rings. The molecule has 1 aromatic heterocycles. The maximum Gasteiger partial charge on any atom is 0.407 e. The molecule has 0 saturated carbocycles. The fraction of sp³-hybridized carbons (Fsp3) is 0.435. The fourth-order valence-electron chi connectivity index (χ4n) is 3.23. The molecule has 1 amide bonds. The third-order valence-electron chi connectivity index (χ3n) is 4.91. The zero-order chi connectivity index (χ0) is 25.3. The third-order valence-corrected chi connectivity index (χ3v) is 4.91. The topological polar surface area (TPSA) is 113 Å². The van der Waals surface area contributed by atoms with Crippen molar-refractivity contribution in [1.82, 2.24) is 15.6 Å². The van der Waals surface area contributed by atoms with Crippen molar-refractivity contribution >= 4 is 17.6 Å². The molecule has 0 aliphatic heterocycles. The number of aromatic nitrogens is 1. The summed E-state index contributed by atoms with van der Waals surface area (Å²) in [6.07, 6.45) is -3.37. The van der Waals surface area contributed by atoms with E-state index in [1.807, 2.05) is 13.8 Å². The number of alkyl halides is 3. The Balaban J connectivity index is 2.01. The van der Waals surface area contributed by atoms with Gasteiger partial charge >= 0.3 is 12.1 Å². The number of anilines is 1. The van der Waals surface area contributed by atoms with E-state index in [-0.39, 0.29) is 35.9 Å². The predicted molar refractivity (Wildman–Crippen MR) is 121 cm³/mol. The smallest absolute Gasteiger partial charge is 0.407 e. The number of carboxylic acid groups (broad SMARTS) is 1. The minimum absolute atomic E-state index is 0.0306. The van der Waals surface area contributed by atoms with Crippen LogP contribution < -0.4 is 20.7 Å². The molecule has 0 aliphatic carbocycles. The lowest BCUT2D eigenvalue weighted by Gasteiger charge is -2.28. The SMILES string of the molecule is COc1ccc(C(NC(CC(C)C)C(=O)NCCNc2ccc(C(=O)O)cc2)C(F)(F)F)cn1. The number of nitrogens with zero attached hydrogens (tertiary/aromatic N) is 1. The molecule has 8 nitrogen and oxygen atoms in total. The second kappa shape index (κ2) is 12.2. The highest BCUT2D eigenvalue weighted by Crippen LogP contribution is 2.33. The number of hydrogen-bond donors (Lipinski definition) is 4. The van der Waals surface area contributed by atoms with Gasteiger partial charge in [-0.2, -0.15) is 13.2 Å². The summed E-state index contributed by atoms with van der Waals surface area (Å²) in [7, 11) is 1.37. The van der Waals surface area contributed by atoms with Gasteiger partial charge in [0.2, 0.25) is 11.8 Å². The number of methoxy groups -OCH3 is 1. The molecule has 2 atom stereocenters. The maximum absolute atomic E-state index is 13.8. The number of carbonyl (C=O) groups excluding carboxylic acids is 1. The van der Waals surface area contributed by atoms with Crippen LogP contribution in [0.25, 0.3) is 0 Å². The molecular weight excluding hydrogens is 453 g/mol. The van der Waals surface area contributed by atoms with Crippen LogP contribution in [0.5, 0.6) is 5.88 Å². The van der Waals surface area contributed by atoms with Crippen molar-refractivity contribution in [2.24, 2.45) is 5.92 Å². The van der Waals surface area contributed by atoms with Crippen LogP contribution in [0.4, 0.5) is 18.9 Å². The molecule has 186 valence electrons. The van der Waals surface area contributed by atoms with Gasteiger partial charge in [0.05, 0.1) is 18.7 Å². The Kier molecular flexibility index (Phi) is 9.67. The number of aromatic carboxylic acids is 1. The molecule has 2 rings (SSSR count). The van der Waals surface area contributed by atoms with E-state index in [4.69, 9.17) is 9.84 Å². The number of ether oxygens (including phenoxy) is 1. The highest BCUT2D eigenvalue weighted by molar-refractivity contribution is 5.88. The van der Waals surface area contributed by atoms with Crippen LogP contribution in [0.15, 0.2) is 42.6 Å². The van der Waals surface area contributed by atoms with Crippen molar-refractivity contribution in [3.8, 4) is 5.88 Å². The Labute approximate surface area is 195 Å². The van der Waals surface area contributed by atoms with Gasteiger partial charge in [-0.15, -0.1) is 0 Å². The van der Waals surface area contributed by atoms with E-state index in [2.05, 4.69) is 20.9 Å². The van der Waals surface area contributed by atoms with E-state index < -0.39 is 30.1 Å². The van der Waals surface area contributed by atoms with E-state index in [0.29, 0.717) is 12.2 Å². The van der Waals surface area contributed by atoms with E-state index in [1.54, 1.807) is 12.1 Å². The first-order chi connectivity index (χ1) is 16.0. The van der Waals surface area contributed by atoms with Crippen LogP contribution in [0.3, 0.4) is 0 Å². The van der Waals surface area contributed by atoms with E-state index in [9.17, 15) is 22.8 Å². The van der Waals surface area contributed by atoms with Crippen molar-refractivity contribution in [2.45, 2.75) is 38.5 Å². The van der Waals surface area contributed by atoms with Gasteiger partial charge in [0, 0.05) is 31.0 Å². The zero-order valence-corrected chi connectivity index (χ0v) is 19.1. The lowest BCUT2D eigenvalue weighted by molar-refractivity contribution is -0.161. The van der Waals surface area contributed by atoms with Crippen molar-refractivity contribution in [3.05, 3.63) is 53.7 Å². The van der Waals surface area contributed by atoms with Crippen molar-refractivity contribution in [1.29, 1.82) is 0 Å². The number of carbonyl (C=O) groups is 2. The van der Waals surface area contributed by atoms with Gasteiger partial charge in [-0.25, -0.2) is 9.78 Å². The van der Waals surface area contributed by atoms with E-state index in [1.165, 1.54) is 31.4 Å². The highest BCUT2D eigenvalue weighted by atomic mass is 19.4. The largest absolute Gasteiger partial charge is 0.481 e. The van der Waals surface area contributed by atoms with Crippen molar-refractivity contribution in [3.63, 3.8) is 0 Å². The van der Waals surface area contributed by atoms with Gasteiger partial charge in [0.25, 0.3) is 0 Å². The number of hydrogen-bond acceptors (Lipinski definition) is 6. The molecule has 11 heteroatoms. The molecule has 0 bridgehead atoms. The first-order valence-corrected chi connectivity index (χ1v) is 10.7. The summed E-state index contributed by atoms with van der Waals surface area (Å²) in [6, 6.07) is 5.50. The van der Waals surface area contributed by atoms with Gasteiger partial charge in [-0.05, 0) is 42.2 Å². The van der Waals surface area contributed by atoms with Crippen LogP contribution in [-0.2, 0) is 4.79 Å². The Hall–Kier alpha value is -3.34. The minimum Gasteiger partial charge on any atom is -0.481 e. The Bertz CT molecular complexity index is 935. The van der Waals surface area contributed by atoms with Crippen LogP contribution in [0, 0.1) is 5.92 Å². The van der Waals surface area contributed by atoms with Crippen LogP contribution in [0.2, 0.25) is 0 Å². The fourth-order valence-corrected chi connectivity index (χ4v) is 3.23. The molecule has 4 N–H and O–H groups in total. The van der Waals surface area contributed by atoms with Gasteiger partial charge in [-0.3, -0.25) is 10.1 Å². The normalized spacial score (nSPS) is 13.3. The average molecular weight is 483 g/mol. The number of halogens is 3. The van der Waals surface area contributed by atoms with Gasteiger partial charge in [0.1, 0.15) is 6.04 Å². The lowest BCUT2D eigenvalue weighted by atomic mass is 10.00. The summed E-state index contributed by atoms with van der Waals surface area (Å²) < 4.78 is 46.4. The Morgan fingerprint density at radius 2 is 1.76 bits per heavy atom. The van der Waals surface area contributed by atoms with Gasteiger partial charge < -0.3 is 20.5 Å². The number of nitrogens with one attached hydrogen (secondary N) is 3. The molecule has 0 aliphatic rings. The molecule has 1 heterocycles. The Morgan fingerprint density at radius 1 is 1.09 bits per heavy atom. The molecule has 0 radical (unpaired) electrons.